The lowest BCUT2D eigenvalue weighted by Crippen LogP contribution is -2.39. The quantitative estimate of drug-likeness (QED) is 0.822. The zero-order valence-electron chi connectivity index (χ0n) is 12.6. The fourth-order valence-electron chi connectivity index (χ4n) is 3.38. The molecule has 0 spiro atoms. The molecule has 0 radical (unpaired) electrons. The summed E-state index contributed by atoms with van der Waals surface area (Å²) in [6.07, 6.45) is 7.11. The molecule has 1 aromatic heterocycles. The lowest BCUT2D eigenvalue weighted by atomic mass is 9.71. The molecule has 2 aliphatic rings. The van der Waals surface area contributed by atoms with E-state index in [1.165, 1.54) is 12.8 Å². The smallest absolute Gasteiger partial charge is 0.137 e. The van der Waals surface area contributed by atoms with Gasteiger partial charge in [-0.15, -0.1) is 0 Å². The number of furan rings is 1. The number of carbonyl (C=O) groups excluding carboxylic acids is 1. The molecule has 110 valence electrons. The number of carbonyl (C=O) groups is 1. The summed E-state index contributed by atoms with van der Waals surface area (Å²) >= 11 is 0. The van der Waals surface area contributed by atoms with Crippen LogP contribution in [0.25, 0.3) is 0 Å². The first-order chi connectivity index (χ1) is 9.53. The molecule has 0 bridgehead atoms. The van der Waals surface area contributed by atoms with Crippen LogP contribution in [0.5, 0.6) is 0 Å². The second kappa shape index (κ2) is 5.36. The molecule has 0 aliphatic heterocycles. The van der Waals surface area contributed by atoms with Gasteiger partial charge in [-0.2, -0.15) is 0 Å². The van der Waals surface area contributed by atoms with E-state index in [1.54, 1.807) is 6.26 Å². The number of Topliss-reactive ketones (excluding diaryl/α,β-unsaturated/α-hetero) is 1. The maximum Gasteiger partial charge on any atom is 0.137 e. The predicted molar refractivity (Wildman–Crippen MR) is 78.3 cm³/mol. The molecule has 3 heteroatoms. The van der Waals surface area contributed by atoms with Crippen molar-refractivity contribution in [3.8, 4) is 0 Å². The highest BCUT2D eigenvalue weighted by atomic mass is 16.3. The van der Waals surface area contributed by atoms with E-state index in [9.17, 15) is 4.79 Å². The molecule has 0 amide bonds. The number of hydrogen-bond donors (Lipinski definition) is 0. The molecule has 0 aromatic carbocycles. The van der Waals surface area contributed by atoms with Crippen LogP contribution in [0.15, 0.2) is 22.8 Å². The van der Waals surface area contributed by atoms with Gasteiger partial charge in [0.05, 0.1) is 12.8 Å². The van der Waals surface area contributed by atoms with Crippen molar-refractivity contribution in [3.05, 3.63) is 24.2 Å². The average molecular weight is 275 g/mol. The predicted octanol–water partition coefficient (Wildman–Crippen LogP) is 3.64. The Hall–Kier alpha value is -1.09. The molecule has 20 heavy (non-hydrogen) atoms. The number of nitrogens with zero attached hydrogens (tertiary/aromatic N) is 1. The SMILES string of the molecule is CC1(C)CCC(=O)C(CN(Cc2ccco2)C2CC2)C1. The zero-order valence-corrected chi connectivity index (χ0v) is 12.6. The molecule has 0 saturated heterocycles. The van der Waals surface area contributed by atoms with Crippen LogP contribution >= 0.6 is 0 Å². The third-order valence-electron chi connectivity index (χ3n) is 4.76. The summed E-state index contributed by atoms with van der Waals surface area (Å²) in [6, 6.07) is 4.63. The van der Waals surface area contributed by atoms with E-state index in [2.05, 4.69) is 18.7 Å². The maximum atomic E-state index is 12.2. The van der Waals surface area contributed by atoms with E-state index in [0.29, 0.717) is 17.2 Å². The number of hydrogen-bond acceptors (Lipinski definition) is 3. The minimum absolute atomic E-state index is 0.217. The molecule has 1 heterocycles. The Labute approximate surface area is 121 Å². The summed E-state index contributed by atoms with van der Waals surface area (Å²) in [5.74, 6) is 1.70. The summed E-state index contributed by atoms with van der Waals surface area (Å²) in [6.45, 7) is 6.34. The molecule has 2 fully saturated rings. The Kier molecular flexibility index (Phi) is 3.72. The second-order valence-corrected chi connectivity index (χ2v) is 7.27. The van der Waals surface area contributed by atoms with Crippen molar-refractivity contribution in [3.63, 3.8) is 0 Å². The van der Waals surface area contributed by atoms with Crippen LogP contribution in [0.2, 0.25) is 0 Å². The first kappa shape index (κ1) is 13.9. The molecule has 1 atom stereocenters. The van der Waals surface area contributed by atoms with Crippen LogP contribution in [0.1, 0.15) is 51.7 Å². The van der Waals surface area contributed by atoms with Gasteiger partial charge in [0.15, 0.2) is 0 Å². The topological polar surface area (TPSA) is 33.5 Å². The Bertz CT molecular complexity index is 459. The molecular weight excluding hydrogens is 250 g/mol. The first-order valence-corrected chi connectivity index (χ1v) is 7.83. The van der Waals surface area contributed by atoms with E-state index in [0.717, 1.165) is 38.1 Å². The highest BCUT2D eigenvalue weighted by molar-refractivity contribution is 5.82. The summed E-state index contributed by atoms with van der Waals surface area (Å²) < 4.78 is 5.47. The van der Waals surface area contributed by atoms with Crippen molar-refractivity contribution in [2.75, 3.05) is 6.54 Å². The minimum atomic E-state index is 0.217. The van der Waals surface area contributed by atoms with E-state index in [-0.39, 0.29) is 5.92 Å². The number of ketones is 1. The van der Waals surface area contributed by atoms with E-state index in [4.69, 9.17) is 4.42 Å². The van der Waals surface area contributed by atoms with Crippen LogP contribution in [-0.4, -0.2) is 23.3 Å². The van der Waals surface area contributed by atoms with Crippen molar-refractivity contribution in [2.24, 2.45) is 11.3 Å². The standard InChI is InChI=1S/C17H25NO2/c1-17(2)8-7-16(19)13(10-17)11-18(14-5-6-14)12-15-4-3-9-20-15/h3-4,9,13-14H,5-8,10-12H2,1-2H3. The van der Waals surface area contributed by atoms with E-state index >= 15 is 0 Å². The maximum absolute atomic E-state index is 12.2. The van der Waals surface area contributed by atoms with Gasteiger partial charge in [-0.3, -0.25) is 9.69 Å². The van der Waals surface area contributed by atoms with Gasteiger partial charge >= 0.3 is 0 Å². The van der Waals surface area contributed by atoms with Gasteiger partial charge in [-0.25, -0.2) is 0 Å². The molecule has 3 rings (SSSR count). The summed E-state index contributed by atoms with van der Waals surface area (Å²) in [5.41, 5.74) is 0.318. The van der Waals surface area contributed by atoms with Crippen LogP contribution < -0.4 is 0 Å². The third kappa shape index (κ3) is 3.32. The van der Waals surface area contributed by atoms with Gasteiger partial charge < -0.3 is 4.42 Å². The van der Waals surface area contributed by atoms with Crippen LogP contribution in [0, 0.1) is 11.3 Å². The Morgan fingerprint density at radius 1 is 1.40 bits per heavy atom. The summed E-state index contributed by atoms with van der Waals surface area (Å²) in [7, 11) is 0. The average Bonchev–Trinajstić information content (AvgIpc) is 3.12. The molecule has 2 saturated carbocycles. The molecule has 0 N–H and O–H groups in total. The second-order valence-electron chi connectivity index (χ2n) is 7.27. The van der Waals surface area contributed by atoms with Crippen LogP contribution in [-0.2, 0) is 11.3 Å². The Morgan fingerprint density at radius 2 is 2.20 bits per heavy atom. The minimum Gasteiger partial charge on any atom is -0.468 e. The molecule has 1 aromatic rings. The fourth-order valence-corrected chi connectivity index (χ4v) is 3.38. The molecule has 1 unspecified atom stereocenters. The molecule has 3 nitrogen and oxygen atoms in total. The van der Waals surface area contributed by atoms with Gasteiger partial charge in [0.25, 0.3) is 0 Å². The van der Waals surface area contributed by atoms with Crippen LogP contribution in [0.3, 0.4) is 0 Å². The third-order valence-corrected chi connectivity index (χ3v) is 4.76. The summed E-state index contributed by atoms with van der Waals surface area (Å²) in [4.78, 5) is 14.7. The summed E-state index contributed by atoms with van der Waals surface area (Å²) in [5, 5.41) is 0. The fraction of sp³-hybridized carbons (Fsp3) is 0.706. The zero-order chi connectivity index (χ0) is 14.2. The van der Waals surface area contributed by atoms with Gasteiger partial charge in [-0.05, 0) is 43.2 Å². The van der Waals surface area contributed by atoms with Gasteiger partial charge in [-0.1, -0.05) is 13.8 Å². The van der Waals surface area contributed by atoms with Crippen molar-refractivity contribution in [1.29, 1.82) is 0 Å². The van der Waals surface area contributed by atoms with Crippen LogP contribution in [0.4, 0.5) is 0 Å². The van der Waals surface area contributed by atoms with Crippen molar-refractivity contribution in [2.45, 2.75) is 58.5 Å². The highest BCUT2D eigenvalue weighted by Gasteiger charge is 2.37. The first-order valence-electron chi connectivity index (χ1n) is 7.83. The molecule has 2 aliphatic carbocycles. The normalized spacial score (nSPS) is 26.1. The van der Waals surface area contributed by atoms with Crippen molar-refractivity contribution in [1.82, 2.24) is 4.90 Å². The van der Waals surface area contributed by atoms with Gasteiger partial charge in [0.1, 0.15) is 11.5 Å². The van der Waals surface area contributed by atoms with E-state index in [1.807, 2.05) is 12.1 Å². The Morgan fingerprint density at radius 3 is 2.85 bits per heavy atom. The van der Waals surface area contributed by atoms with Crippen molar-refractivity contribution < 1.29 is 9.21 Å². The van der Waals surface area contributed by atoms with E-state index < -0.39 is 0 Å². The highest BCUT2D eigenvalue weighted by Crippen LogP contribution is 2.38. The largest absolute Gasteiger partial charge is 0.468 e. The molecular formula is C17H25NO2. The number of rotatable bonds is 5. The van der Waals surface area contributed by atoms with Gasteiger partial charge in [0, 0.05) is 24.9 Å². The lowest BCUT2D eigenvalue weighted by molar-refractivity contribution is -0.128. The van der Waals surface area contributed by atoms with Gasteiger partial charge in [0.2, 0.25) is 0 Å². The Balaban J connectivity index is 1.65. The monoisotopic (exact) mass is 275 g/mol. The lowest BCUT2D eigenvalue weighted by Gasteiger charge is -2.36. The van der Waals surface area contributed by atoms with Crippen molar-refractivity contribution >= 4 is 5.78 Å².